The van der Waals surface area contributed by atoms with Crippen molar-refractivity contribution in [3.8, 4) is 11.5 Å². The maximum Gasteiger partial charge on any atom is 0.261 e. The van der Waals surface area contributed by atoms with E-state index in [2.05, 4.69) is 20.8 Å². The molecule has 3 rings (SSSR count). The number of amides is 1. The van der Waals surface area contributed by atoms with Gasteiger partial charge in [-0.05, 0) is 42.2 Å². The number of phenolic OH excluding ortho intramolecular Hbond substituents is 1. The molecule has 1 aromatic rings. The van der Waals surface area contributed by atoms with Crippen LogP contribution in [0.3, 0.4) is 0 Å². The van der Waals surface area contributed by atoms with Crippen LogP contribution in [-0.2, 0) is 0 Å². The smallest absolute Gasteiger partial charge is 0.261 e. The van der Waals surface area contributed by atoms with Crippen LogP contribution in [0.15, 0.2) is 18.2 Å². The molecule has 2 bridgehead atoms. The number of phenols is 1. The second-order valence-electron chi connectivity index (χ2n) is 8.00. The largest absolute Gasteiger partial charge is 0.507 e. The van der Waals surface area contributed by atoms with Crippen molar-refractivity contribution in [1.82, 2.24) is 4.90 Å². The highest BCUT2D eigenvalue weighted by atomic mass is 16.5. The van der Waals surface area contributed by atoms with Gasteiger partial charge in [0.15, 0.2) is 0 Å². The number of fused-ring (bicyclic) bond motifs is 2. The van der Waals surface area contributed by atoms with Crippen molar-refractivity contribution in [2.45, 2.75) is 46.1 Å². The van der Waals surface area contributed by atoms with Gasteiger partial charge in [0.2, 0.25) is 0 Å². The van der Waals surface area contributed by atoms with Gasteiger partial charge in [-0.1, -0.05) is 26.8 Å². The van der Waals surface area contributed by atoms with Gasteiger partial charge >= 0.3 is 0 Å². The number of hydrogen-bond acceptors (Lipinski definition) is 3. The van der Waals surface area contributed by atoms with Crippen molar-refractivity contribution >= 4 is 5.91 Å². The highest BCUT2D eigenvalue weighted by molar-refractivity contribution is 6.00. The number of aromatic hydroxyl groups is 1. The molecule has 0 spiro atoms. The lowest BCUT2D eigenvalue weighted by molar-refractivity contribution is 0.0702. The Balaban J connectivity index is 1.95. The molecule has 1 N–H and O–H groups in total. The lowest BCUT2D eigenvalue weighted by atomic mass is 9.65. The quantitative estimate of drug-likeness (QED) is 0.910. The van der Waals surface area contributed by atoms with Crippen LogP contribution in [0, 0.1) is 10.8 Å². The lowest BCUT2D eigenvalue weighted by Gasteiger charge is -2.39. The Labute approximate surface area is 132 Å². The van der Waals surface area contributed by atoms with Gasteiger partial charge in [0.05, 0.1) is 7.11 Å². The summed E-state index contributed by atoms with van der Waals surface area (Å²) in [6.45, 7) is 7.60. The van der Waals surface area contributed by atoms with Crippen LogP contribution in [0.2, 0.25) is 0 Å². The summed E-state index contributed by atoms with van der Waals surface area (Å²) in [7, 11) is 1.53. The molecule has 4 nitrogen and oxygen atoms in total. The average Bonchev–Trinajstić information content (AvgIpc) is 2.67. The van der Waals surface area contributed by atoms with E-state index < -0.39 is 0 Å². The zero-order valence-corrected chi connectivity index (χ0v) is 13.8. The van der Waals surface area contributed by atoms with Crippen molar-refractivity contribution in [2.24, 2.45) is 10.8 Å². The molecule has 120 valence electrons. The molecule has 1 saturated heterocycles. The predicted octanol–water partition coefficient (Wildman–Crippen LogP) is 3.44. The molecule has 2 atom stereocenters. The summed E-state index contributed by atoms with van der Waals surface area (Å²) in [5, 5.41) is 10.1. The first-order valence-electron chi connectivity index (χ1n) is 7.92. The monoisotopic (exact) mass is 303 g/mol. The molecule has 0 aromatic heterocycles. The van der Waals surface area contributed by atoms with Gasteiger partial charge in [-0.15, -0.1) is 0 Å². The molecule has 2 fully saturated rings. The van der Waals surface area contributed by atoms with Crippen molar-refractivity contribution in [2.75, 3.05) is 13.7 Å². The van der Waals surface area contributed by atoms with E-state index in [9.17, 15) is 9.90 Å². The summed E-state index contributed by atoms with van der Waals surface area (Å²) in [4.78, 5) is 15.0. The van der Waals surface area contributed by atoms with Gasteiger partial charge in [0.1, 0.15) is 17.1 Å². The number of carbonyl (C=O) groups excluding carboxylic acids is 1. The minimum Gasteiger partial charge on any atom is -0.507 e. The number of benzene rings is 1. The van der Waals surface area contributed by atoms with Gasteiger partial charge in [0.25, 0.3) is 5.91 Å². The highest BCUT2D eigenvalue weighted by Gasteiger charge is 2.51. The van der Waals surface area contributed by atoms with E-state index in [1.165, 1.54) is 7.11 Å². The Kier molecular flexibility index (Phi) is 3.38. The van der Waals surface area contributed by atoms with Crippen molar-refractivity contribution in [3.05, 3.63) is 23.8 Å². The first-order chi connectivity index (χ1) is 10.2. The third kappa shape index (κ3) is 2.44. The molecule has 0 radical (unpaired) electrons. The number of nitrogens with zero attached hydrogens (tertiary/aromatic N) is 1. The molecule has 1 aliphatic carbocycles. The summed E-state index contributed by atoms with van der Waals surface area (Å²) in [6, 6.07) is 5.22. The molecule has 2 aliphatic rings. The van der Waals surface area contributed by atoms with E-state index in [0.29, 0.717) is 11.3 Å². The molecule has 1 heterocycles. The van der Waals surface area contributed by atoms with E-state index in [4.69, 9.17) is 4.74 Å². The number of hydrogen-bond donors (Lipinski definition) is 1. The van der Waals surface area contributed by atoms with E-state index in [1.54, 1.807) is 18.2 Å². The zero-order chi connectivity index (χ0) is 16.1. The first-order valence-corrected chi connectivity index (χ1v) is 7.92. The Bertz CT molecular complexity index is 610. The molecular formula is C18H25NO3. The number of carbonyl (C=O) groups is 1. The molecule has 4 heteroatoms. The fourth-order valence-electron chi connectivity index (χ4n) is 4.75. The first kappa shape index (κ1) is 15.2. The summed E-state index contributed by atoms with van der Waals surface area (Å²) in [5.74, 6) is 0.326. The van der Waals surface area contributed by atoms with E-state index in [-0.39, 0.29) is 28.5 Å². The highest BCUT2D eigenvalue weighted by Crippen LogP contribution is 2.53. The fourth-order valence-corrected chi connectivity index (χ4v) is 4.75. The Morgan fingerprint density at radius 1 is 1.32 bits per heavy atom. The van der Waals surface area contributed by atoms with Crippen LogP contribution in [0.25, 0.3) is 0 Å². The second kappa shape index (κ2) is 4.90. The fraction of sp³-hybridized carbons (Fsp3) is 0.611. The maximum absolute atomic E-state index is 13.0. The van der Waals surface area contributed by atoms with Crippen LogP contribution in [0.4, 0.5) is 0 Å². The third-order valence-corrected chi connectivity index (χ3v) is 5.11. The van der Waals surface area contributed by atoms with Crippen LogP contribution >= 0.6 is 0 Å². The standard InChI is InChI=1S/C18H25NO3/c1-17(2)8-12-9-18(3,10-17)11-19(12)16(21)15-13(20)6-5-7-14(15)22-4/h5-7,12,20H,8-11H2,1-4H3. The SMILES string of the molecule is COc1cccc(O)c1C(=O)N1CC2(C)CC1CC(C)(C)C2. The predicted molar refractivity (Wildman–Crippen MR) is 85.2 cm³/mol. The topological polar surface area (TPSA) is 49.8 Å². The van der Waals surface area contributed by atoms with Crippen molar-refractivity contribution in [1.29, 1.82) is 0 Å². The summed E-state index contributed by atoms with van der Waals surface area (Å²) < 4.78 is 5.28. The number of ether oxygens (including phenoxy) is 1. The van der Waals surface area contributed by atoms with Crippen LogP contribution in [0.1, 0.15) is 50.4 Å². The Hall–Kier alpha value is -1.71. The lowest BCUT2D eigenvalue weighted by Crippen LogP contribution is -2.37. The summed E-state index contributed by atoms with van der Waals surface area (Å²) in [5.41, 5.74) is 0.730. The van der Waals surface area contributed by atoms with Crippen LogP contribution in [-0.4, -0.2) is 35.6 Å². The van der Waals surface area contributed by atoms with Crippen LogP contribution in [0.5, 0.6) is 11.5 Å². The Morgan fingerprint density at radius 2 is 2.05 bits per heavy atom. The zero-order valence-electron chi connectivity index (χ0n) is 13.8. The summed E-state index contributed by atoms with van der Waals surface area (Å²) >= 11 is 0. The van der Waals surface area contributed by atoms with Gasteiger partial charge in [-0.2, -0.15) is 0 Å². The molecule has 22 heavy (non-hydrogen) atoms. The number of methoxy groups -OCH3 is 1. The maximum atomic E-state index is 13.0. The van der Waals surface area contributed by atoms with E-state index >= 15 is 0 Å². The Morgan fingerprint density at radius 3 is 2.73 bits per heavy atom. The molecule has 2 unspecified atom stereocenters. The van der Waals surface area contributed by atoms with Gasteiger partial charge in [-0.25, -0.2) is 0 Å². The number of rotatable bonds is 2. The average molecular weight is 303 g/mol. The molecular weight excluding hydrogens is 278 g/mol. The summed E-state index contributed by atoms with van der Waals surface area (Å²) in [6.07, 6.45) is 3.21. The molecule has 1 amide bonds. The molecule has 1 saturated carbocycles. The van der Waals surface area contributed by atoms with Crippen molar-refractivity contribution < 1.29 is 14.6 Å². The van der Waals surface area contributed by atoms with E-state index in [1.807, 2.05) is 4.90 Å². The normalized spacial score (nSPS) is 29.5. The molecule has 1 aromatic carbocycles. The van der Waals surface area contributed by atoms with Gasteiger partial charge in [0, 0.05) is 12.6 Å². The van der Waals surface area contributed by atoms with E-state index in [0.717, 1.165) is 25.8 Å². The molecule has 1 aliphatic heterocycles. The van der Waals surface area contributed by atoms with Gasteiger partial charge < -0.3 is 14.7 Å². The third-order valence-electron chi connectivity index (χ3n) is 5.11. The van der Waals surface area contributed by atoms with Crippen LogP contribution < -0.4 is 4.74 Å². The minimum atomic E-state index is -0.110. The minimum absolute atomic E-state index is 0.00443. The number of likely N-dealkylation sites (tertiary alicyclic amines) is 1. The second-order valence-corrected chi connectivity index (χ2v) is 8.00. The van der Waals surface area contributed by atoms with Gasteiger partial charge in [-0.3, -0.25) is 4.79 Å². The van der Waals surface area contributed by atoms with Crippen molar-refractivity contribution in [3.63, 3.8) is 0 Å².